The molecule has 0 saturated carbocycles. The van der Waals surface area contributed by atoms with Gasteiger partial charge in [-0.2, -0.15) is 0 Å². The van der Waals surface area contributed by atoms with Crippen LogP contribution in [0, 0.1) is 6.92 Å². The van der Waals surface area contributed by atoms with Gasteiger partial charge in [0.25, 0.3) is 0 Å². The minimum Gasteiger partial charge on any atom is -0.383 e. The van der Waals surface area contributed by atoms with Crippen LogP contribution in [0.15, 0.2) is 18.7 Å². The SMILES string of the molecule is CCCc1nc(N)c(C)c(NCCCCn2ccnc2)n1. The lowest BCUT2D eigenvalue weighted by Crippen LogP contribution is -2.11. The molecule has 2 rings (SSSR count). The number of nitrogens with two attached hydrogens (primary N) is 1. The number of nitrogens with zero attached hydrogens (tertiary/aromatic N) is 4. The predicted octanol–water partition coefficient (Wildman–Crippen LogP) is 2.41. The highest BCUT2D eigenvalue weighted by molar-refractivity contribution is 5.54. The lowest BCUT2D eigenvalue weighted by atomic mass is 10.2. The molecular formula is C15H24N6. The van der Waals surface area contributed by atoms with E-state index in [2.05, 4.69) is 31.8 Å². The van der Waals surface area contributed by atoms with E-state index in [4.69, 9.17) is 5.73 Å². The van der Waals surface area contributed by atoms with Crippen molar-refractivity contribution < 1.29 is 0 Å². The zero-order chi connectivity index (χ0) is 15.1. The third-order valence-electron chi connectivity index (χ3n) is 3.40. The van der Waals surface area contributed by atoms with Gasteiger partial charge in [0.15, 0.2) is 0 Å². The summed E-state index contributed by atoms with van der Waals surface area (Å²) in [6.45, 7) is 5.95. The van der Waals surface area contributed by atoms with Crippen LogP contribution in [0.1, 0.15) is 37.6 Å². The molecule has 2 aromatic heterocycles. The van der Waals surface area contributed by atoms with Crippen LogP contribution in [-0.2, 0) is 13.0 Å². The van der Waals surface area contributed by atoms with Gasteiger partial charge in [-0.05, 0) is 26.2 Å². The summed E-state index contributed by atoms with van der Waals surface area (Å²) in [7, 11) is 0. The Kier molecular flexibility index (Phi) is 5.54. The first-order chi connectivity index (χ1) is 10.2. The molecule has 114 valence electrons. The maximum Gasteiger partial charge on any atom is 0.134 e. The molecule has 21 heavy (non-hydrogen) atoms. The standard InChI is InChI=1S/C15H24N6/c1-3-6-13-19-14(16)12(2)15(20-13)18-7-4-5-9-21-10-8-17-11-21/h8,10-11H,3-7,9H2,1-2H3,(H3,16,18,19,20). The zero-order valence-electron chi connectivity index (χ0n) is 12.8. The molecule has 0 radical (unpaired) electrons. The molecule has 0 aromatic carbocycles. The smallest absolute Gasteiger partial charge is 0.134 e. The van der Waals surface area contributed by atoms with E-state index in [-0.39, 0.29) is 0 Å². The minimum atomic E-state index is 0.578. The van der Waals surface area contributed by atoms with Gasteiger partial charge in [0.05, 0.1) is 6.33 Å². The fourth-order valence-corrected chi connectivity index (χ4v) is 2.13. The van der Waals surface area contributed by atoms with E-state index in [9.17, 15) is 0 Å². The van der Waals surface area contributed by atoms with Crippen molar-refractivity contribution in [1.82, 2.24) is 19.5 Å². The van der Waals surface area contributed by atoms with E-state index >= 15 is 0 Å². The molecule has 6 heteroatoms. The molecule has 0 aliphatic rings. The molecule has 0 amide bonds. The van der Waals surface area contributed by atoms with E-state index in [1.54, 1.807) is 6.20 Å². The third-order valence-corrected chi connectivity index (χ3v) is 3.40. The third kappa shape index (κ3) is 4.44. The van der Waals surface area contributed by atoms with Crippen molar-refractivity contribution in [3.8, 4) is 0 Å². The molecule has 0 aliphatic carbocycles. The topological polar surface area (TPSA) is 81.6 Å². The van der Waals surface area contributed by atoms with Crippen molar-refractivity contribution in [2.45, 2.75) is 46.1 Å². The molecule has 3 N–H and O–H groups in total. The zero-order valence-corrected chi connectivity index (χ0v) is 12.8. The van der Waals surface area contributed by atoms with Crippen LogP contribution < -0.4 is 11.1 Å². The Balaban J connectivity index is 1.81. The van der Waals surface area contributed by atoms with Gasteiger partial charge in [-0.3, -0.25) is 0 Å². The summed E-state index contributed by atoms with van der Waals surface area (Å²) in [5.41, 5.74) is 6.88. The Labute approximate surface area is 125 Å². The van der Waals surface area contributed by atoms with Crippen molar-refractivity contribution >= 4 is 11.6 Å². The van der Waals surface area contributed by atoms with E-state index in [1.807, 2.05) is 19.4 Å². The van der Waals surface area contributed by atoms with Gasteiger partial charge in [0.1, 0.15) is 17.5 Å². The van der Waals surface area contributed by atoms with Crippen molar-refractivity contribution in [1.29, 1.82) is 0 Å². The summed E-state index contributed by atoms with van der Waals surface area (Å²) in [5, 5.41) is 3.38. The Morgan fingerprint density at radius 3 is 2.86 bits per heavy atom. The van der Waals surface area contributed by atoms with Gasteiger partial charge in [-0.15, -0.1) is 0 Å². The molecule has 0 saturated heterocycles. The fourth-order valence-electron chi connectivity index (χ4n) is 2.13. The van der Waals surface area contributed by atoms with Gasteiger partial charge in [-0.25, -0.2) is 15.0 Å². The van der Waals surface area contributed by atoms with Crippen LogP contribution in [-0.4, -0.2) is 26.1 Å². The highest BCUT2D eigenvalue weighted by Gasteiger charge is 2.07. The lowest BCUT2D eigenvalue weighted by molar-refractivity contribution is 0.620. The molecule has 0 bridgehead atoms. The molecule has 6 nitrogen and oxygen atoms in total. The van der Waals surface area contributed by atoms with Crippen molar-refractivity contribution in [2.75, 3.05) is 17.6 Å². The Hall–Kier alpha value is -2.11. The second-order valence-corrected chi connectivity index (χ2v) is 5.18. The van der Waals surface area contributed by atoms with Crippen LogP contribution >= 0.6 is 0 Å². The van der Waals surface area contributed by atoms with E-state index in [0.29, 0.717) is 5.82 Å². The molecule has 0 unspecified atom stereocenters. The number of nitrogen functional groups attached to an aromatic ring is 1. The molecule has 0 atom stereocenters. The van der Waals surface area contributed by atoms with Crippen molar-refractivity contribution in [3.05, 3.63) is 30.1 Å². The van der Waals surface area contributed by atoms with Crippen LogP contribution in [0.3, 0.4) is 0 Å². The van der Waals surface area contributed by atoms with E-state index < -0.39 is 0 Å². The molecular weight excluding hydrogens is 264 g/mol. The Morgan fingerprint density at radius 1 is 1.29 bits per heavy atom. The van der Waals surface area contributed by atoms with Crippen LogP contribution in [0.2, 0.25) is 0 Å². The first-order valence-electron chi connectivity index (χ1n) is 7.53. The summed E-state index contributed by atoms with van der Waals surface area (Å²) in [6.07, 6.45) is 9.70. The monoisotopic (exact) mass is 288 g/mol. The Bertz CT molecular complexity index is 550. The predicted molar refractivity (Wildman–Crippen MR) is 85.1 cm³/mol. The summed E-state index contributed by atoms with van der Waals surface area (Å²) in [5.74, 6) is 2.27. The molecule has 0 spiro atoms. The van der Waals surface area contributed by atoms with Gasteiger partial charge in [0.2, 0.25) is 0 Å². The number of rotatable bonds is 8. The van der Waals surface area contributed by atoms with E-state index in [1.165, 1.54) is 0 Å². The summed E-state index contributed by atoms with van der Waals surface area (Å²) >= 11 is 0. The average molecular weight is 288 g/mol. The van der Waals surface area contributed by atoms with Crippen molar-refractivity contribution in [3.63, 3.8) is 0 Å². The molecule has 2 heterocycles. The highest BCUT2D eigenvalue weighted by atomic mass is 15.1. The number of aromatic nitrogens is 4. The van der Waals surface area contributed by atoms with Gasteiger partial charge >= 0.3 is 0 Å². The summed E-state index contributed by atoms with van der Waals surface area (Å²) in [4.78, 5) is 12.9. The molecule has 2 aromatic rings. The normalized spacial score (nSPS) is 10.8. The van der Waals surface area contributed by atoms with Crippen molar-refractivity contribution in [2.24, 2.45) is 0 Å². The second-order valence-electron chi connectivity index (χ2n) is 5.18. The number of unbranched alkanes of at least 4 members (excludes halogenated alkanes) is 1. The number of aryl methyl sites for hydroxylation is 2. The highest BCUT2D eigenvalue weighted by Crippen LogP contribution is 2.17. The van der Waals surface area contributed by atoms with Crippen LogP contribution in [0.4, 0.5) is 11.6 Å². The van der Waals surface area contributed by atoms with Crippen LogP contribution in [0.25, 0.3) is 0 Å². The minimum absolute atomic E-state index is 0.578. The molecule has 0 aliphatic heterocycles. The maximum atomic E-state index is 5.94. The lowest BCUT2D eigenvalue weighted by Gasteiger charge is -2.12. The second kappa shape index (κ2) is 7.61. The average Bonchev–Trinajstić information content (AvgIpc) is 2.97. The van der Waals surface area contributed by atoms with Gasteiger partial charge in [-0.1, -0.05) is 6.92 Å². The first kappa shape index (κ1) is 15.3. The van der Waals surface area contributed by atoms with Crippen LogP contribution in [0.5, 0.6) is 0 Å². The maximum absolute atomic E-state index is 5.94. The number of hydrogen-bond donors (Lipinski definition) is 2. The number of nitrogens with one attached hydrogen (secondary N) is 1. The quantitative estimate of drug-likeness (QED) is 0.729. The number of anilines is 2. The fraction of sp³-hybridized carbons (Fsp3) is 0.533. The molecule has 0 fully saturated rings. The number of hydrogen-bond acceptors (Lipinski definition) is 5. The summed E-state index contributed by atoms with van der Waals surface area (Å²) < 4.78 is 2.09. The number of imidazole rings is 1. The van der Waals surface area contributed by atoms with Gasteiger partial charge < -0.3 is 15.6 Å². The van der Waals surface area contributed by atoms with Gasteiger partial charge in [0, 0.05) is 37.5 Å². The summed E-state index contributed by atoms with van der Waals surface area (Å²) in [6, 6.07) is 0. The first-order valence-corrected chi connectivity index (χ1v) is 7.53. The Morgan fingerprint density at radius 2 is 2.14 bits per heavy atom. The van der Waals surface area contributed by atoms with E-state index in [0.717, 1.165) is 56.0 Å². The largest absolute Gasteiger partial charge is 0.383 e.